The monoisotopic (exact) mass is 185 g/mol. The lowest BCUT2D eigenvalue weighted by Gasteiger charge is -1.93. The Morgan fingerprint density at radius 3 is 2.50 bits per heavy atom. The lowest BCUT2D eigenvalue weighted by atomic mass is 10.3. The Bertz CT molecular complexity index is 477. The molecule has 0 aliphatic heterocycles. The second-order valence-corrected chi connectivity index (χ2v) is 2.81. The van der Waals surface area contributed by atoms with Crippen LogP contribution < -0.4 is 0 Å². The number of aromatic nitrogens is 4. The Balaban J connectivity index is 2.39. The molecule has 0 aromatic carbocycles. The molecule has 5 nitrogen and oxygen atoms in total. The topological polar surface area (TPSA) is 67.4 Å². The molecule has 0 saturated heterocycles. The Hall–Kier alpha value is -2.22. The van der Waals surface area contributed by atoms with E-state index >= 15 is 0 Å². The maximum absolute atomic E-state index is 8.56. The molecule has 0 amide bonds. The quantitative estimate of drug-likeness (QED) is 0.657. The highest BCUT2D eigenvalue weighted by Gasteiger charge is 2.02. The van der Waals surface area contributed by atoms with Crippen LogP contribution in [-0.4, -0.2) is 19.7 Å². The van der Waals surface area contributed by atoms with Crippen molar-refractivity contribution in [2.75, 3.05) is 0 Å². The Morgan fingerprint density at radius 1 is 1.29 bits per heavy atom. The summed E-state index contributed by atoms with van der Waals surface area (Å²) in [5, 5.41) is 12.6. The fourth-order valence-corrected chi connectivity index (χ4v) is 1.07. The van der Waals surface area contributed by atoms with Crippen molar-refractivity contribution < 1.29 is 0 Å². The average Bonchev–Trinajstić information content (AvgIpc) is 2.65. The maximum Gasteiger partial charge on any atom is 0.162 e. The summed E-state index contributed by atoms with van der Waals surface area (Å²) >= 11 is 0. The normalized spacial score (nSPS) is 9.71. The van der Waals surface area contributed by atoms with Crippen LogP contribution in [0.4, 0.5) is 0 Å². The summed E-state index contributed by atoms with van der Waals surface area (Å²) in [6.45, 7) is 0. The second-order valence-electron chi connectivity index (χ2n) is 2.81. The molecule has 2 aromatic rings. The highest BCUT2D eigenvalue weighted by molar-refractivity contribution is 5.51. The van der Waals surface area contributed by atoms with Gasteiger partial charge >= 0.3 is 0 Å². The third kappa shape index (κ3) is 1.45. The highest BCUT2D eigenvalue weighted by atomic mass is 15.2. The van der Waals surface area contributed by atoms with Crippen LogP contribution in [-0.2, 0) is 7.05 Å². The van der Waals surface area contributed by atoms with Crippen molar-refractivity contribution >= 4 is 0 Å². The van der Waals surface area contributed by atoms with Crippen molar-refractivity contribution in [3.8, 4) is 17.5 Å². The van der Waals surface area contributed by atoms with Crippen LogP contribution in [0.1, 0.15) is 5.56 Å². The third-order valence-corrected chi connectivity index (χ3v) is 1.74. The summed E-state index contributed by atoms with van der Waals surface area (Å²) in [7, 11) is 1.83. The fraction of sp³-hybridized carbons (Fsp3) is 0.111. The van der Waals surface area contributed by atoms with Gasteiger partial charge in [0.2, 0.25) is 0 Å². The van der Waals surface area contributed by atoms with Gasteiger partial charge < -0.3 is 0 Å². The van der Waals surface area contributed by atoms with Gasteiger partial charge in [-0.15, -0.1) is 0 Å². The number of aryl methyl sites for hydroxylation is 1. The zero-order valence-electron chi connectivity index (χ0n) is 7.55. The van der Waals surface area contributed by atoms with Crippen LogP contribution in [0, 0.1) is 11.3 Å². The van der Waals surface area contributed by atoms with Crippen LogP contribution in [0.15, 0.2) is 24.8 Å². The van der Waals surface area contributed by atoms with Gasteiger partial charge in [-0.25, -0.2) is 9.97 Å². The zero-order chi connectivity index (χ0) is 9.97. The highest BCUT2D eigenvalue weighted by Crippen LogP contribution is 2.11. The minimum absolute atomic E-state index is 0.456. The first-order valence-corrected chi connectivity index (χ1v) is 4.01. The van der Waals surface area contributed by atoms with E-state index in [1.807, 2.05) is 19.3 Å². The van der Waals surface area contributed by atoms with Crippen molar-refractivity contribution in [3.05, 3.63) is 30.4 Å². The van der Waals surface area contributed by atoms with Gasteiger partial charge in [0.1, 0.15) is 6.07 Å². The van der Waals surface area contributed by atoms with E-state index in [1.165, 1.54) is 12.4 Å². The van der Waals surface area contributed by atoms with Gasteiger partial charge in [0, 0.05) is 25.6 Å². The van der Waals surface area contributed by atoms with Crippen molar-refractivity contribution in [1.82, 2.24) is 19.7 Å². The molecule has 2 aromatic heterocycles. The summed E-state index contributed by atoms with van der Waals surface area (Å²) in [6.07, 6.45) is 6.49. The molecule has 0 radical (unpaired) electrons. The van der Waals surface area contributed by atoms with Crippen molar-refractivity contribution in [3.63, 3.8) is 0 Å². The molecule has 0 atom stereocenters. The zero-order valence-corrected chi connectivity index (χ0v) is 7.55. The molecule has 0 spiro atoms. The summed E-state index contributed by atoms with van der Waals surface area (Å²) < 4.78 is 1.68. The van der Waals surface area contributed by atoms with Gasteiger partial charge in [0.05, 0.1) is 17.3 Å². The van der Waals surface area contributed by atoms with E-state index in [0.29, 0.717) is 11.4 Å². The van der Waals surface area contributed by atoms with E-state index in [1.54, 1.807) is 10.9 Å². The number of rotatable bonds is 1. The lowest BCUT2D eigenvalue weighted by Crippen LogP contribution is -1.88. The molecular weight excluding hydrogens is 178 g/mol. The standard InChI is InChI=1S/C9H7N5/c1-14-6-8(5-13-14)9-11-3-7(2-10)4-12-9/h3-6H,1H3. The SMILES string of the molecule is Cn1cc(-c2ncc(C#N)cn2)cn1. The third-order valence-electron chi connectivity index (χ3n) is 1.74. The molecule has 14 heavy (non-hydrogen) atoms. The van der Waals surface area contributed by atoms with Crippen molar-refractivity contribution in [2.24, 2.45) is 7.05 Å². The molecule has 0 N–H and O–H groups in total. The predicted molar refractivity (Wildman–Crippen MR) is 48.9 cm³/mol. The van der Waals surface area contributed by atoms with Gasteiger partial charge in [-0.3, -0.25) is 4.68 Å². The van der Waals surface area contributed by atoms with Crippen LogP contribution in [0.25, 0.3) is 11.4 Å². The van der Waals surface area contributed by atoms with E-state index < -0.39 is 0 Å². The molecule has 0 aliphatic rings. The van der Waals surface area contributed by atoms with Crippen LogP contribution in [0.2, 0.25) is 0 Å². The van der Waals surface area contributed by atoms with E-state index in [4.69, 9.17) is 5.26 Å². The molecule has 0 saturated carbocycles. The average molecular weight is 185 g/mol. The van der Waals surface area contributed by atoms with Crippen molar-refractivity contribution in [1.29, 1.82) is 5.26 Å². The number of hydrogen-bond acceptors (Lipinski definition) is 4. The van der Waals surface area contributed by atoms with Gasteiger partial charge in [-0.05, 0) is 0 Å². The first-order valence-electron chi connectivity index (χ1n) is 4.01. The first kappa shape index (κ1) is 8.38. The van der Waals surface area contributed by atoms with Crippen LogP contribution in [0.5, 0.6) is 0 Å². The van der Waals surface area contributed by atoms with E-state index in [-0.39, 0.29) is 0 Å². The van der Waals surface area contributed by atoms with Gasteiger partial charge in [-0.2, -0.15) is 10.4 Å². The minimum Gasteiger partial charge on any atom is -0.275 e. The lowest BCUT2D eigenvalue weighted by molar-refractivity contribution is 0.768. The first-order chi connectivity index (χ1) is 6.79. The number of nitriles is 1. The summed E-state index contributed by atoms with van der Waals surface area (Å²) in [5.41, 5.74) is 1.30. The van der Waals surface area contributed by atoms with Gasteiger partial charge in [-0.1, -0.05) is 0 Å². The molecule has 68 valence electrons. The second kappa shape index (κ2) is 3.26. The van der Waals surface area contributed by atoms with Gasteiger partial charge in [0.15, 0.2) is 5.82 Å². The minimum atomic E-state index is 0.456. The molecule has 5 heteroatoms. The van der Waals surface area contributed by atoms with Gasteiger partial charge in [0.25, 0.3) is 0 Å². The molecule has 0 bridgehead atoms. The number of nitrogens with zero attached hydrogens (tertiary/aromatic N) is 5. The molecule has 2 heterocycles. The fourth-order valence-electron chi connectivity index (χ4n) is 1.07. The number of hydrogen-bond donors (Lipinski definition) is 0. The van der Waals surface area contributed by atoms with E-state index in [2.05, 4.69) is 15.1 Å². The molecular formula is C9H7N5. The Kier molecular flexibility index (Phi) is 1.95. The van der Waals surface area contributed by atoms with Crippen LogP contribution >= 0.6 is 0 Å². The smallest absolute Gasteiger partial charge is 0.162 e. The largest absolute Gasteiger partial charge is 0.275 e. The van der Waals surface area contributed by atoms with E-state index in [9.17, 15) is 0 Å². The predicted octanol–water partition coefficient (Wildman–Crippen LogP) is 0.749. The molecule has 2 rings (SSSR count). The maximum atomic E-state index is 8.56. The van der Waals surface area contributed by atoms with Crippen molar-refractivity contribution in [2.45, 2.75) is 0 Å². The summed E-state index contributed by atoms with van der Waals surface area (Å²) in [5.74, 6) is 0.581. The Morgan fingerprint density at radius 2 is 2.00 bits per heavy atom. The molecule has 0 aliphatic carbocycles. The Labute approximate surface area is 80.7 Å². The molecule has 0 fully saturated rings. The summed E-state index contributed by atoms with van der Waals surface area (Å²) in [6, 6.07) is 1.97. The van der Waals surface area contributed by atoms with E-state index in [0.717, 1.165) is 5.56 Å². The van der Waals surface area contributed by atoms with Crippen LogP contribution in [0.3, 0.4) is 0 Å². The molecule has 0 unspecified atom stereocenters. The summed E-state index contributed by atoms with van der Waals surface area (Å²) in [4.78, 5) is 8.09.